The molecule has 2 aliphatic heterocycles. The third-order valence-electron chi connectivity index (χ3n) is 6.07. The summed E-state index contributed by atoms with van der Waals surface area (Å²) < 4.78 is 40.6. The number of amides is 3. The molecule has 0 aromatic heterocycles. The number of nitrogens with one attached hydrogen (secondary N) is 2. The summed E-state index contributed by atoms with van der Waals surface area (Å²) in [6.45, 7) is 6.71. The van der Waals surface area contributed by atoms with Gasteiger partial charge < -0.3 is 19.7 Å². The Hall–Kier alpha value is -2.75. The fourth-order valence-corrected chi connectivity index (χ4v) is 4.40. The number of hydrogen-bond acceptors (Lipinski definition) is 6. The average Bonchev–Trinajstić information content (AvgIpc) is 2.62. The van der Waals surface area contributed by atoms with Gasteiger partial charge >= 0.3 is 6.09 Å². The predicted molar refractivity (Wildman–Crippen MR) is 115 cm³/mol. The molecule has 180 valence electrons. The highest BCUT2D eigenvalue weighted by atomic mass is 19.1. The Balaban J connectivity index is 1.25. The largest absolute Gasteiger partial charge is 0.446 e. The van der Waals surface area contributed by atoms with Gasteiger partial charge in [-0.25, -0.2) is 13.6 Å². The summed E-state index contributed by atoms with van der Waals surface area (Å²) in [4.78, 5) is 37.1. The summed E-state index contributed by atoms with van der Waals surface area (Å²) in [7, 11) is 0. The van der Waals surface area contributed by atoms with E-state index >= 15 is 0 Å². The monoisotopic (exact) mass is 465 g/mol. The van der Waals surface area contributed by atoms with Gasteiger partial charge in [0.2, 0.25) is 11.8 Å². The van der Waals surface area contributed by atoms with Crippen molar-refractivity contribution >= 4 is 23.6 Å². The van der Waals surface area contributed by atoms with Gasteiger partial charge in [-0.3, -0.25) is 14.9 Å². The summed E-state index contributed by atoms with van der Waals surface area (Å²) >= 11 is 0. The van der Waals surface area contributed by atoms with Crippen molar-refractivity contribution in [1.82, 2.24) is 10.6 Å². The molecule has 3 aliphatic rings. The van der Waals surface area contributed by atoms with Crippen molar-refractivity contribution < 1.29 is 32.6 Å². The van der Waals surface area contributed by atoms with Crippen LogP contribution >= 0.6 is 0 Å². The molecule has 33 heavy (non-hydrogen) atoms. The molecular formula is C23H29F2N3O5. The summed E-state index contributed by atoms with van der Waals surface area (Å²) in [6.07, 6.45) is 0.854. The predicted octanol–water partition coefficient (Wildman–Crippen LogP) is 2.75. The first-order valence-corrected chi connectivity index (χ1v) is 11.2. The van der Waals surface area contributed by atoms with Crippen molar-refractivity contribution in [2.75, 3.05) is 18.0 Å². The first-order valence-electron chi connectivity index (χ1n) is 11.2. The van der Waals surface area contributed by atoms with Gasteiger partial charge in [-0.1, -0.05) is 0 Å². The lowest BCUT2D eigenvalue weighted by Gasteiger charge is -2.42. The molecule has 2 N–H and O–H groups in total. The third kappa shape index (κ3) is 5.43. The Morgan fingerprint density at radius 2 is 1.76 bits per heavy atom. The lowest BCUT2D eigenvalue weighted by Crippen LogP contribution is -2.60. The number of alkyl carbamates (subject to hydrolysis) is 1. The van der Waals surface area contributed by atoms with Gasteiger partial charge in [0.05, 0.1) is 23.7 Å². The summed E-state index contributed by atoms with van der Waals surface area (Å²) in [6, 6.07) is 2.17. The van der Waals surface area contributed by atoms with Gasteiger partial charge in [0, 0.05) is 43.6 Å². The molecule has 0 spiro atoms. The maximum absolute atomic E-state index is 14.7. The minimum absolute atomic E-state index is 0.0394. The van der Waals surface area contributed by atoms with E-state index in [-0.39, 0.29) is 42.3 Å². The van der Waals surface area contributed by atoms with E-state index in [1.807, 2.05) is 20.8 Å². The molecule has 8 nitrogen and oxygen atoms in total. The van der Waals surface area contributed by atoms with Crippen LogP contribution < -0.4 is 15.5 Å². The molecule has 0 bridgehead atoms. The molecule has 1 aliphatic carbocycles. The first kappa shape index (κ1) is 23.4. The highest BCUT2D eigenvalue weighted by Gasteiger charge is 2.37. The molecule has 4 rings (SSSR count). The Morgan fingerprint density at radius 3 is 2.33 bits per heavy atom. The van der Waals surface area contributed by atoms with E-state index in [1.54, 1.807) is 4.90 Å². The van der Waals surface area contributed by atoms with Crippen LogP contribution in [0.1, 0.15) is 57.9 Å². The number of imide groups is 1. The minimum Gasteiger partial charge on any atom is -0.446 e. The van der Waals surface area contributed by atoms with Gasteiger partial charge in [-0.2, -0.15) is 0 Å². The molecule has 1 aromatic rings. The Bertz CT molecular complexity index is 929. The fraction of sp³-hybridized carbons (Fsp3) is 0.609. The number of carbonyl (C=O) groups is 3. The quantitative estimate of drug-likeness (QED) is 0.650. The van der Waals surface area contributed by atoms with Crippen molar-refractivity contribution in [2.45, 2.75) is 76.2 Å². The van der Waals surface area contributed by atoms with Crippen LogP contribution in [0.4, 0.5) is 19.3 Å². The molecule has 1 saturated carbocycles. The van der Waals surface area contributed by atoms with Crippen LogP contribution in [0.25, 0.3) is 0 Å². The van der Waals surface area contributed by atoms with E-state index in [1.165, 1.54) is 12.1 Å². The number of carbonyl (C=O) groups excluding carboxylic acids is 3. The van der Waals surface area contributed by atoms with Crippen molar-refractivity contribution in [3.63, 3.8) is 0 Å². The molecule has 2 heterocycles. The Morgan fingerprint density at radius 1 is 1.12 bits per heavy atom. The molecule has 0 unspecified atom stereocenters. The molecule has 2 saturated heterocycles. The molecule has 10 heteroatoms. The van der Waals surface area contributed by atoms with Gasteiger partial charge in [-0.15, -0.1) is 0 Å². The molecular weight excluding hydrogens is 436 g/mol. The Labute approximate surface area is 191 Å². The number of anilines is 1. The van der Waals surface area contributed by atoms with Crippen LogP contribution in [-0.4, -0.2) is 54.8 Å². The number of benzene rings is 1. The van der Waals surface area contributed by atoms with Crippen LogP contribution in [0, 0.1) is 11.6 Å². The SMILES string of the molecule is CC(C)(C)OC1CC(OC(=O)NC2CN(c3cc(F)c([C@@H]4CCC(=O)NC4=O)c(F)c3)C2)C1. The molecule has 1 aromatic carbocycles. The highest BCUT2D eigenvalue weighted by Crippen LogP contribution is 2.34. The van der Waals surface area contributed by atoms with E-state index in [0.29, 0.717) is 31.6 Å². The second-order valence-electron chi connectivity index (χ2n) is 9.92. The number of halogens is 2. The second-order valence-corrected chi connectivity index (χ2v) is 9.92. The molecule has 0 radical (unpaired) electrons. The number of hydrogen-bond donors (Lipinski definition) is 2. The number of rotatable bonds is 5. The number of ether oxygens (including phenoxy) is 2. The maximum Gasteiger partial charge on any atom is 0.407 e. The van der Waals surface area contributed by atoms with Gasteiger partial charge in [-0.05, 0) is 39.3 Å². The van der Waals surface area contributed by atoms with Crippen molar-refractivity contribution in [3.05, 3.63) is 29.3 Å². The van der Waals surface area contributed by atoms with Crippen LogP contribution in [0.15, 0.2) is 12.1 Å². The van der Waals surface area contributed by atoms with Crippen LogP contribution in [0.2, 0.25) is 0 Å². The normalized spacial score (nSPS) is 25.7. The zero-order valence-electron chi connectivity index (χ0n) is 19.0. The zero-order chi connectivity index (χ0) is 23.9. The van der Waals surface area contributed by atoms with Gasteiger partial charge in [0.25, 0.3) is 0 Å². The van der Waals surface area contributed by atoms with Gasteiger partial charge in [0.1, 0.15) is 17.7 Å². The highest BCUT2D eigenvalue weighted by molar-refractivity contribution is 6.01. The first-order chi connectivity index (χ1) is 15.5. The van der Waals surface area contributed by atoms with Crippen LogP contribution in [-0.2, 0) is 19.1 Å². The van der Waals surface area contributed by atoms with E-state index in [9.17, 15) is 23.2 Å². The van der Waals surface area contributed by atoms with Gasteiger partial charge in [0.15, 0.2) is 0 Å². The van der Waals surface area contributed by atoms with Crippen molar-refractivity contribution in [3.8, 4) is 0 Å². The van der Waals surface area contributed by atoms with Crippen LogP contribution in [0.3, 0.4) is 0 Å². The summed E-state index contributed by atoms with van der Waals surface area (Å²) in [5.41, 5.74) is -0.225. The topological polar surface area (TPSA) is 97.0 Å². The van der Waals surface area contributed by atoms with Crippen LogP contribution in [0.5, 0.6) is 0 Å². The minimum atomic E-state index is -1.03. The lowest BCUT2D eigenvalue weighted by atomic mass is 9.89. The molecule has 3 fully saturated rings. The summed E-state index contributed by atoms with van der Waals surface area (Å²) in [5, 5.41) is 4.88. The second kappa shape index (κ2) is 8.89. The molecule has 1 atom stereocenters. The zero-order valence-corrected chi connectivity index (χ0v) is 19.0. The maximum atomic E-state index is 14.7. The summed E-state index contributed by atoms with van der Waals surface area (Å²) in [5.74, 6) is -3.81. The third-order valence-corrected chi connectivity index (χ3v) is 6.07. The fourth-order valence-electron chi connectivity index (χ4n) is 4.40. The van der Waals surface area contributed by atoms with Crippen molar-refractivity contribution in [1.29, 1.82) is 0 Å². The molecule has 3 amide bonds. The van der Waals surface area contributed by atoms with Crippen molar-refractivity contribution in [2.24, 2.45) is 0 Å². The lowest BCUT2D eigenvalue weighted by molar-refractivity contribution is -0.135. The standard InChI is InChI=1S/C23H29F2N3O5/c1-23(2,3)33-15-8-14(9-15)32-22(31)26-12-10-28(11-12)13-6-17(24)20(18(25)7-13)16-4-5-19(29)27-21(16)30/h6-7,12,14-16H,4-5,8-11H2,1-3H3,(H,26,31)(H,27,29,30)/t14?,15?,16-/m0/s1. The smallest absolute Gasteiger partial charge is 0.407 e. The van der Waals surface area contributed by atoms with E-state index in [4.69, 9.17) is 9.47 Å². The van der Waals surface area contributed by atoms with E-state index in [0.717, 1.165) is 0 Å². The van der Waals surface area contributed by atoms with E-state index < -0.39 is 35.5 Å². The average molecular weight is 465 g/mol. The number of nitrogens with zero attached hydrogens (tertiary/aromatic N) is 1. The van der Waals surface area contributed by atoms with E-state index in [2.05, 4.69) is 10.6 Å². The Kier molecular flexibility index (Phi) is 6.30. The number of piperidine rings is 1.